The molecule has 0 radical (unpaired) electrons. The number of fused-ring (bicyclic) bond motifs is 2. The van der Waals surface area contributed by atoms with E-state index in [4.69, 9.17) is 119 Å². The number of carboxylic acids is 2. The molecule has 4 aromatic heterocycles. The van der Waals surface area contributed by atoms with E-state index in [0.29, 0.717) is 56.7 Å². The van der Waals surface area contributed by atoms with E-state index in [9.17, 15) is 43.2 Å². The number of likely N-dealkylation sites (tertiary alicyclic amines) is 1. The number of nitrogens with one attached hydrogen (secondary N) is 4. The van der Waals surface area contributed by atoms with Crippen molar-refractivity contribution in [3.8, 4) is 0 Å². The van der Waals surface area contributed by atoms with Gasteiger partial charge in [0.05, 0.1) is 44.8 Å². The number of H-pyrrole nitrogens is 2. The summed E-state index contributed by atoms with van der Waals surface area (Å²) in [4.78, 5) is 136. The smallest absolute Gasteiger partial charge is 1.00 e. The Kier molecular flexibility index (Phi) is 38.0. The van der Waals surface area contributed by atoms with Crippen molar-refractivity contribution in [3.05, 3.63) is 290 Å². The third-order valence-corrected chi connectivity index (χ3v) is 15.4. The molecule has 14 rings (SSSR count). The van der Waals surface area contributed by atoms with Crippen molar-refractivity contribution >= 4 is 105 Å². The van der Waals surface area contributed by atoms with Crippen molar-refractivity contribution in [2.24, 2.45) is 0 Å². The number of anilines is 4. The number of aromatic nitrogens is 8. The molecule has 12 N–H and O–H groups in total. The minimum absolute atomic E-state index is 0. The number of amides is 5. The number of nitrogen functional groups attached to an aromatic ring is 3. The Morgan fingerprint density at radius 2 is 0.957 bits per heavy atom. The number of benzene rings is 8. The van der Waals surface area contributed by atoms with E-state index >= 15 is 0 Å². The van der Waals surface area contributed by atoms with E-state index in [1.165, 1.54) is 73.7 Å². The molecule has 5 amide bonds. The Morgan fingerprint density at radius 3 is 1.31 bits per heavy atom. The van der Waals surface area contributed by atoms with E-state index in [0.717, 1.165) is 32.9 Å². The van der Waals surface area contributed by atoms with Gasteiger partial charge >= 0.3 is 145 Å². The first-order chi connectivity index (χ1) is 81.7. The monoisotopic (exact) mass is 1990 g/mol. The Morgan fingerprint density at radius 1 is 0.558 bits per heavy atom. The number of imidazole rings is 4. The fraction of sp³-hybridized carbons (Fsp3) is 0.340. The van der Waals surface area contributed by atoms with Gasteiger partial charge in [0.1, 0.15) is 50.7 Å². The van der Waals surface area contributed by atoms with Gasteiger partial charge in [0.2, 0.25) is 11.8 Å². The average Bonchev–Trinajstić information content (AvgIpc) is 1.53. The van der Waals surface area contributed by atoms with E-state index < -0.39 is 177 Å². The maximum Gasteiger partial charge on any atom is 1.00 e. The molecule has 0 saturated carbocycles. The van der Waals surface area contributed by atoms with Crippen molar-refractivity contribution in [1.29, 1.82) is 0 Å². The van der Waals surface area contributed by atoms with E-state index in [1.807, 2.05) is 42.5 Å². The van der Waals surface area contributed by atoms with Crippen molar-refractivity contribution < 1.29 is 254 Å². The predicted octanol–water partition coefficient (Wildman–Crippen LogP) is 9.29. The molecule has 0 aliphatic carbocycles. The number of aliphatic carboxylic acids is 2. The third kappa shape index (κ3) is 56.6. The summed E-state index contributed by atoms with van der Waals surface area (Å²) < 4.78 is 347. The molecule has 36 nitrogen and oxygen atoms in total. The second-order valence-corrected chi connectivity index (χ2v) is 25.6. The summed E-state index contributed by atoms with van der Waals surface area (Å²) in [6.07, 6.45) is -34.1. The number of hydrogen-bond acceptors (Lipinski definition) is 25. The molecule has 2 fully saturated rings. The zero-order valence-electron chi connectivity index (χ0n) is 119. The maximum atomic E-state index is 12.7. The summed E-state index contributed by atoms with van der Waals surface area (Å²) in [6.45, 7) is -18.5. The Bertz CT molecular complexity index is 7280. The number of para-hydroxylation sites is 8. The molecule has 12 aromatic rings. The summed E-state index contributed by atoms with van der Waals surface area (Å²) in [5, 5.41) is 30.0. The van der Waals surface area contributed by atoms with Gasteiger partial charge in [0.15, 0.2) is 0 Å². The van der Waals surface area contributed by atoms with E-state index in [2.05, 4.69) is 45.4 Å². The summed E-state index contributed by atoms with van der Waals surface area (Å²) in [5.41, 5.74) is 22.5. The average molecular weight is 2000 g/mol. The minimum Gasteiger partial charge on any atom is -1.00 e. The van der Waals surface area contributed by atoms with Crippen molar-refractivity contribution in [2.45, 2.75) is 142 Å². The van der Waals surface area contributed by atoms with Gasteiger partial charge in [-0.15, -0.1) is 0 Å². The van der Waals surface area contributed by atoms with Gasteiger partial charge in [0.25, 0.3) is 6.47 Å². The van der Waals surface area contributed by atoms with Crippen LogP contribution in [0, 0.1) is 0 Å². The Labute approximate surface area is 952 Å². The topological polar surface area (TPSA) is 498 Å². The second kappa shape index (κ2) is 76.0. The van der Waals surface area contributed by atoms with Crippen molar-refractivity contribution in [2.75, 3.05) is 103 Å². The molecule has 732 valence electrons. The van der Waals surface area contributed by atoms with Gasteiger partial charge in [-0.05, 0) is 135 Å². The zero-order valence-corrected chi connectivity index (χ0v) is 82.0. The van der Waals surface area contributed by atoms with Crippen LogP contribution in [0.5, 0.6) is 0 Å². The Hall–Kier alpha value is -12.0. The van der Waals surface area contributed by atoms with Crippen LogP contribution in [0.3, 0.4) is 0 Å². The molecule has 38 heteroatoms. The fourth-order valence-electron chi connectivity index (χ4n) is 9.06. The number of nitrogens with two attached hydrogens (primary N) is 3. The first-order valence-corrected chi connectivity index (χ1v) is 39.7. The molecule has 0 unspecified atom stereocenters. The number of ether oxygens (including phenoxy) is 5. The Balaban J connectivity index is 0.00000103. The van der Waals surface area contributed by atoms with Crippen LogP contribution < -0.4 is 136 Å². The molecular weight excluding hydrogens is 1820 g/mol. The third-order valence-electron chi connectivity index (χ3n) is 15.4. The summed E-state index contributed by atoms with van der Waals surface area (Å²) in [6, 6.07) is 61.1. The van der Waals surface area contributed by atoms with Gasteiger partial charge < -0.3 is 103 Å². The number of esters is 1. The van der Waals surface area contributed by atoms with Gasteiger partial charge in [0, 0.05) is 195 Å². The molecule has 6 heterocycles. The second-order valence-electron chi connectivity index (χ2n) is 25.6. The van der Waals surface area contributed by atoms with Crippen LogP contribution in [-0.2, 0) is 96.5 Å². The van der Waals surface area contributed by atoms with E-state index in [-0.39, 0.29) is 186 Å². The largest absolute Gasteiger partial charge is 1.00 e. The van der Waals surface area contributed by atoms with Crippen molar-refractivity contribution in [3.63, 3.8) is 0 Å². The molecule has 8 aromatic carbocycles. The van der Waals surface area contributed by atoms with Crippen LogP contribution in [0.25, 0.3) is 22.1 Å². The fourth-order valence-corrected chi connectivity index (χ4v) is 9.06. The molecular formula is C100H131K2N17O19. The number of carboxylic acid groups (broad SMARTS) is 2. The molecule has 0 spiro atoms. The summed E-state index contributed by atoms with van der Waals surface area (Å²) >= 11 is 0. The first-order valence-electron chi connectivity index (χ1n) is 60.7. The number of nitrogens with zero attached hydrogens (tertiary/aromatic N) is 10. The van der Waals surface area contributed by atoms with Crippen LogP contribution in [-0.4, -0.2) is 210 Å². The maximum absolute atomic E-state index is 12.7. The number of aromatic amines is 2. The normalized spacial score (nSPS) is 18.2. The summed E-state index contributed by atoms with van der Waals surface area (Å²) in [7, 11) is 3.03. The van der Waals surface area contributed by atoms with Crippen LogP contribution in [0.1, 0.15) is 196 Å². The number of carbonyl (C=O) groups excluding carboxylic acids is 8. The summed E-state index contributed by atoms with van der Waals surface area (Å²) in [5.74, 6) is -8.37. The van der Waals surface area contributed by atoms with Crippen LogP contribution in [0.15, 0.2) is 256 Å². The van der Waals surface area contributed by atoms with Crippen LogP contribution >= 0.6 is 0 Å². The van der Waals surface area contributed by atoms with Gasteiger partial charge in [-0.25, -0.2) is 39.1 Å². The number of rotatable bonds is 30. The minimum atomic E-state index is -3.67. The van der Waals surface area contributed by atoms with Gasteiger partial charge in [-0.2, -0.15) is 0 Å². The standard InChI is InChI=1S/C19H23N3O3.C19H21N3O2.C13H17NO4.C11H15N3.C9H10O2.C7H6N4O.C6H8N2.C6H12O2.C5H9NO.C4H8O.CH2O3.2K.H/c1-22(19(24)25-14-15-8-3-2-4-9-15)13-7-12-18(23)21-17-11-6-5-10-16(17)20;1-22(19(23)24-14-15-8-3-2-4-9-15)13-7-12-18-20-16-10-5-6-11-17(16)21-18;1-14(9-5-8-12(15)16)13(17)18-10-11-6-3-2-4-7-11;1-12-8-4-7-11-13-9-5-2-3-6-10(9)14-11;1-8(10)11-7-9-5-3-2-4-6-9;12-7(10-3-1-8-5-10)11-4-2-9-6-11;7-5-3-1-2-4-6(5)8;1-2-3-4-5-6(7)8;1-6-4-2-3-5(6)7;1-2-4-5-3-1;2-1-4-3;;;/h2-6,8-11H,7,12-14,20H2,1H3,(H,21,23);2-6,8-11H,7,12-14H2,1H3,(H,20,21);2-4,6-7H,5,8-10H2,1H3,(H,15,16);2-3,5-6,12H,4,7-8H2,1H3,(H,13,14);2-6H,7H2,1H3;1-6H;1-4H,7-8H2;2-5H2,1H3,(H,7,8);2-4H2,1H3;1-4H2;1,3H;;;/q;;;;;;;;;;;2*+1;-1/p-1/i7D2,12D2,13D2;1D3,7D2,12D2,13D2;5D2,8D2,9D2;4D2,7D2,8D2;;;;3D2,4D2,5D2;1D3,2D2,3D2,4D2;;;;;. The molecule has 0 bridgehead atoms. The number of aryl methyl sites for hydroxylation is 2. The predicted molar refractivity (Wildman–Crippen MR) is 521 cm³/mol. The van der Waals surface area contributed by atoms with Crippen LogP contribution in [0.4, 0.5) is 41.9 Å². The molecule has 2 aliphatic rings. The quantitative estimate of drug-likeness (QED) is 0.00385. The van der Waals surface area contributed by atoms with Gasteiger partial charge in [-0.3, -0.25) is 37.9 Å². The van der Waals surface area contributed by atoms with Gasteiger partial charge in [-0.1, -0.05) is 190 Å². The number of hydrogen-bond donors (Lipinski definition) is 9. The zero-order chi connectivity index (χ0) is 136. The first kappa shape index (κ1) is 68.9. The van der Waals surface area contributed by atoms with Crippen LogP contribution in [0.2, 0.25) is 0 Å². The number of carbonyl (C=O) groups is 10. The van der Waals surface area contributed by atoms with E-state index in [1.54, 1.807) is 183 Å². The molecule has 138 heavy (non-hydrogen) atoms. The molecule has 0 atom stereocenters. The molecule has 2 saturated heterocycles. The SMILES string of the molecule is C1CCOC1.CC(=O)OCc1ccccc1.Nc1ccccc1N.O=C(n1ccnc1)n1ccnc1.O=CO[O-].[2H]C([2H])(C(=O)Nc1ccccc1N)C([2H])([2H])C([2H])([2H])N(C)C(=O)OCc1ccccc1.[2H]C([2H])(C(=O)O)C([2H])([2H])C([2H])([2H])N(C)C(=O)OCc1ccccc1.[2H]C([2H])(CC)C([2H])([2H])C([2H])([2H])C(=O)O.[2H]C([2H])(NC)C([2H])([2H])C([2H])([2H])c1nc2ccccc2[nH]1.[2H]C([2H])([2H])N(C(=O)OCc1ccccc1)C([2H])([2H])C([2H])([2H])C([2H])([2H])c1nc2ccccc2[nH]1.[2H]C([2H])([2H])N1C(=O)C([2H])([2H])C([2H])([2H])C1([2H])[2H].[H-].[K+].[K+]. The van der Waals surface area contributed by atoms with Crippen molar-refractivity contribution in [1.82, 2.24) is 64.0 Å². The molecule has 2 aliphatic heterocycles.